The van der Waals surface area contributed by atoms with Crippen molar-refractivity contribution in [3.63, 3.8) is 0 Å². The molecule has 0 fully saturated rings. The molecule has 0 amide bonds. The Morgan fingerprint density at radius 1 is 0.759 bits per heavy atom. The van der Waals surface area contributed by atoms with Crippen LogP contribution in [0.25, 0.3) is 11.1 Å². The van der Waals surface area contributed by atoms with E-state index >= 15 is 0 Å². The third-order valence-electron chi connectivity index (χ3n) is 4.24. The molecule has 0 saturated heterocycles. The third kappa shape index (κ3) is 4.84. The second kappa shape index (κ2) is 9.39. The lowest BCUT2D eigenvalue weighted by molar-refractivity contribution is 0.0591. The van der Waals surface area contributed by atoms with E-state index in [-0.39, 0.29) is 5.97 Å². The van der Waals surface area contributed by atoms with Crippen LogP contribution in [0.1, 0.15) is 31.8 Å². The van der Waals surface area contributed by atoms with Crippen LogP contribution in [0.3, 0.4) is 0 Å². The van der Waals surface area contributed by atoms with E-state index in [0.717, 1.165) is 20.3 Å². The highest BCUT2D eigenvalue weighted by Gasteiger charge is 2.14. The zero-order valence-electron chi connectivity index (χ0n) is 15.9. The molecule has 0 N–H and O–H groups in total. The van der Waals surface area contributed by atoms with Gasteiger partial charge in [0.2, 0.25) is 0 Å². The first kappa shape index (κ1) is 20.6. The first-order chi connectivity index (χ1) is 14.0. The highest BCUT2D eigenvalue weighted by molar-refractivity contribution is 14.1. The molecular weight excluding hydrogens is 479 g/mol. The van der Waals surface area contributed by atoms with Crippen LogP contribution < -0.4 is 0 Å². The molecule has 0 unspecified atom stereocenters. The van der Waals surface area contributed by atoms with Gasteiger partial charge in [0.15, 0.2) is 0 Å². The van der Waals surface area contributed by atoms with Crippen LogP contribution in [0.2, 0.25) is 0 Å². The number of hydrogen-bond donors (Lipinski definition) is 0. The van der Waals surface area contributed by atoms with E-state index in [1.165, 1.54) is 14.2 Å². The Kier molecular flexibility index (Phi) is 6.68. The molecule has 0 aliphatic heterocycles. The standard InChI is InChI=1S/C24H17IO4/c1-28-23(26)18-10-12-20(17(14-18)9-8-16-6-4-3-5-7-16)21-13-11-19(15-22(21)25)24(27)29-2/h3-7,10-15H,1-2H3. The Balaban J connectivity index is 2.12. The summed E-state index contributed by atoms with van der Waals surface area (Å²) in [6.07, 6.45) is 0. The molecule has 3 aromatic carbocycles. The van der Waals surface area contributed by atoms with Gasteiger partial charge in [0.1, 0.15) is 0 Å². The number of hydrogen-bond acceptors (Lipinski definition) is 4. The monoisotopic (exact) mass is 496 g/mol. The van der Waals surface area contributed by atoms with Crippen molar-refractivity contribution in [2.24, 2.45) is 0 Å². The fourth-order valence-electron chi connectivity index (χ4n) is 2.77. The largest absolute Gasteiger partial charge is 0.465 e. The Hall–Kier alpha value is -3.11. The van der Waals surface area contributed by atoms with Crippen molar-refractivity contribution < 1.29 is 19.1 Å². The van der Waals surface area contributed by atoms with E-state index in [2.05, 4.69) is 34.4 Å². The van der Waals surface area contributed by atoms with Gasteiger partial charge in [-0.3, -0.25) is 0 Å². The molecule has 5 heteroatoms. The van der Waals surface area contributed by atoms with Gasteiger partial charge in [0.05, 0.1) is 25.3 Å². The van der Waals surface area contributed by atoms with Crippen LogP contribution in [0.15, 0.2) is 66.7 Å². The van der Waals surface area contributed by atoms with Gasteiger partial charge < -0.3 is 9.47 Å². The summed E-state index contributed by atoms with van der Waals surface area (Å²) >= 11 is 2.18. The third-order valence-corrected chi connectivity index (χ3v) is 5.13. The van der Waals surface area contributed by atoms with Crippen molar-refractivity contribution in [1.29, 1.82) is 0 Å². The van der Waals surface area contributed by atoms with Crippen molar-refractivity contribution in [1.82, 2.24) is 0 Å². The minimum Gasteiger partial charge on any atom is -0.465 e. The molecular formula is C24H17IO4. The number of benzene rings is 3. The van der Waals surface area contributed by atoms with Gasteiger partial charge in [-0.05, 0) is 70.1 Å². The number of carbonyl (C=O) groups excluding carboxylic acids is 2. The van der Waals surface area contributed by atoms with Crippen LogP contribution in [0.5, 0.6) is 0 Å². The molecule has 0 aliphatic carbocycles. The van der Waals surface area contributed by atoms with Gasteiger partial charge >= 0.3 is 11.9 Å². The summed E-state index contributed by atoms with van der Waals surface area (Å²) in [5.41, 5.74) is 4.24. The number of rotatable bonds is 3. The van der Waals surface area contributed by atoms with Gasteiger partial charge in [0.25, 0.3) is 0 Å². The maximum absolute atomic E-state index is 12.0. The van der Waals surface area contributed by atoms with E-state index in [1.807, 2.05) is 42.5 Å². The van der Waals surface area contributed by atoms with E-state index in [4.69, 9.17) is 9.47 Å². The Labute approximate surface area is 183 Å². The minimum absolute atomic E-state index is 0.389. The lowest BCUT2D eigenvalue weighted by Gasteiger charge is -2.11. The Bertz CT molecular complexity index is 1120. The zero-order valence-corrected chi connectivity index (χ0v) is 18.0. The smallest absolute Gasteiger partial charge is 0.337 e. The van der Waals surface area contributed by atoms with Gasteiger partial charge in [-0.15, -0.1) is 0 Å². The fourth-order valence-corrected chi connectivity index (χ4v) is 3.57. The number of halogens is 1. The summed E-state index contributed by atoms with van der Waals surface area (Å²) in [5.74, 6) is 5.49. The Morgan fingerprint density at radius 3 is 1.93 bits per heavy atom. The van der Waals surface area contributed by atoms with E-state index < -0.39 is 5.97 Å². The van der Waals surface area contributed by atoms with Crippen molar-refractivity contribution in [3.8, 4) is 23.0 Å². The molecule has 29 heavy (non-hydrogen) atoms. The second-order valence-corrected chi connectivity index (χ2v) is 7.22. The molecule has 0 heterocycles. The maximum Gasteiger partial charge on any atom is 0.337 e. The summed E-state index contributed by atoms with van der Waals surface area (Å²) in [7, 11) is 2.70. The normalized spacial score (nSPS) is 9.90. The van der Waals surface area contributed by atoms with Crippen LogP contribution in [0, 0.1) is 15.4 Å². The van der Waals surface area contributed by atoms with Crippen molar-refractivity contribution in [2.75, 3.05) is 14.2 Å². The van der Waals surface area contributed by atoms with Crippen molar-refractivity contribution in [2.45, 2.75) is 0 Å². The first-order valence-corrected chi connectivity index (χ1v) is 9.79. The van der Waals surface area contributed by atoms with Gasteiger partial charge in [-0.1, -0.05) is 42.2 Å². The lowest BCUT2D eigenvalue weighted by atomic mass is 9.96. The van der Waals surface area contributed by atoms with Crippen LogP contribution >= 0.6 is 22.6 Å². The summed E-state index contributed by atoms with van der Waals surface area (Å²) in [6.45, 7) is 0. The van der Waals surface area contributed by atoms with Crippen molar-refractivity contribution in [3.05, 3.63) is 92.6 Å². The summed E-state index contributed by atoms with van der Waals surface area (Å²) in [6, 6.07) is 20.2. The van der Waals surface area contributed by atoms with Gasteiger partial charge in [-0.2, -0.15) is 0 Å². The summed E-state index contributed by atoms with van der Waals surface area (Å²) < 4.78 is 10.5. The number of esters is 2. The molecule has 0 saturated carbocycles. The average molecular weight is 496 g/mol. The molecule has 144 valence electrons. The fraction of sp³-hybridized carbons (Fsp3) is 0.0833. The molecule has 0 radical (unpaired) electrons. The average Bonchev–Trinajstić information content (AvgIpc) is 2.77. The van der Waals surface area contributed by atoms with Crippen LogP contribution in [-0.2, 0) is 9.47 Å². The molecule has 0 bridgehead atoms. The molecule has 4 nitrogen and oxygen atoms in total. The highest BCUT2D eigenvalue weighted by Crippen LogP contribution is 2.30. The lowest BCUT2D eigenvalue weighted by Crippen LogP contribution is -2.03. The topological polar surface area (TPSA) is 52.6 Å². The highest BCUT2D eigenvalue weighted by atomic mass is 127. The first-order valence-electron chi connectivity index (χ1n) is 8.71. The minimum atomic E-state index is -0.421. The summed E-state index contributed by atoms with van der Waals surface area (Å²) in [5, 5.41) is 0. The molecule has 3 rings (SSSR count). The molecule has 3 aromatic rings. The molecule has 0 atom stereocenters. The second-order valence-electron chi connectivity index (χ2n) is 6.05. The maximum atomic E-state index is 12.0. The van der Waals surface area contributed by atoms with Gasteiger partial charge in [0, 0.05) is 14.7 Å². The zero-order chi connectivity index (χ0) is 20.8. The molecule has 0 spiro atoms. The predicted octanol–water partition coefficient (Wildman–Crippen LogP) is 4.93. The van der Waals surface area contributed by atoms with Crippen LogP contribution in [0.4, 0.5) is 0 Å². The van der Waals surface area contributed by atoms with Gasteiger partial charge in [-0.25, -0.2) is 9.59 Å². The SMILES string of the molecule is COC(=O)c1ccc(-c2ccc(C(=O)OC)cc2C#Cc2ccccc2)c(I)c1. The Morgan fingerprint density at radius 2 is 1.34 bits per heavy atom. The molecule has 0 aliphatic rings. The number of ether oxygens (including phenoxy) is 2. The number of methoxy groups -OCH3 is 2. The molecule has 0 aromatic heterocycles. The predicted molar refractivity (Wildman–Crippen MR) is 120 cm³/mol. The van der Waals surface area contributed by atoms with Crippen molar-refractivity contribution >= 4 is 34.5 Å². The quantitative estimate of drug-likeness (QED) is 0.293. The van der Waals surface area contributed by atoms with E-state index in [9.17, 15) is 9.59 Å². The summed E-state index contributed by atoms with van der Waals surface area (Å²) in [4.78, 5) is 23.8. The van der Waals surface area contributed by atoms with E-state index in [0.29, 0.717) is 16.7 Å². The van der Waals surface area contributed by atoms with Crippen LogP contribution in [-0.4, -0.2) is 26.2 Å². The van der Waals surface area contributed by atoms with E-state index in [1.54, 1.807) is 24.3 Å². The number of carbonyl (C=O) groups is 2.